The number of aromatic nitrogens is 1. The molecule has 0 N–H and O–H groups in total. The summed E-state index contributed by atoms with van der Waals surface area (Å²) >= 11 is 0. The van der Waals surface area contributed by atoms with E-state index in [4.69, 9.17) is 6.57 Å². The minimum Gasteiger partial charge on any atom is -0.318 e. The first-order valence-corrected chi connectivity index (χ1v) is 16.7. The van der Waals surface area contributed by atoms with Crippen molar-refractivity contribution in [3.05, 3.63) is 186 Å². The third-order valence-corrected chi connectivity index (χ3v) is 10.2. The molecule has 3 nitrogen and oxygen atoms in total. The maximum Gasteiger partial charge on any atom is 0.211 e. The molecule has 0 bridgehead atoms. The Labute approximate surface area is 286 Å². The van der Waals surface area contributed by atoms with Crippen molar-refractivity contribution in [3.63, 3.8) is 0 Å². The molecule has 0 atom stereocenters. The van der Waals surface area contributed by atoms with E-state index in [1.54, 1.807) is 0 Å². The maximum atomic E-state index is 8.24. The van der Waals surface area contributed by atoms with Crippen LogP contribution in [0.5, 0.6) is 0 Å². The summed E-state index contributed by atoms with van der Waals surface area (Å²) in [7, 11) is 0. The summed E-state index contributed by atoms with van der Waals surface area (Å²) in [6, 6.07) is 58.1. The summed E-state index contributed by atoms with van der Waals surface area (Å²) in [5.41, 5.74) is 14.1. The van der Waals surface area contributed by atoms with Crippen LogP contribution in [0.15, 0.2) is 164 Å². The number of anilines is 3. The lowest BCUT2D eigenvalue weighted by atomic mass is 9.70. The molecule has 1 aromatic heterocycles. The molecule has 1 aliphatic rings. The van der Waals surface area contributed by atoms with Gasteiger partial charge in [0.15, 0.2) is 0 Å². The van der Waals surface area contributed by atoms with Crippen molar-refractivity contribution in [2.24, 2.45) is 0 Å². The van der Waals surface area contributed by atoms with Crippen molar-refractivity contribution in [1.29, 1.82) is 0 Å². The molecule has 0 saturated carbocycles. The van der Waals surface area contributed by atoms with Gasteiger partial charge in [-0.15, -0.1) is 0 Å². The van der Waals surface area contributed by atoms with E-state index < -0.39 is 0 Å². The predicted octanol–water partition coefficient (Wildman–Crippen LogP) is 12.8. The zero-order valence-corrected chi connectivity index (χ0v) is 27.4. The Balaban J connectivity index is 1.28. The highest BCUT2D eigenvalue weighted by Gasteiger charge is 2.38. The van der Waals surface area contributed by atoms with Crippen LogP contribution in [0.2, 0.25) is 0 Å². The van der Waals surface area contributed by atoms with Crippen LogP contribution in [0.25, 0.3) is 54.6 Å². The van der Waals surface area contributed by atoms with Gasteiger partial charge in [-0.3, -0.25) is 0 Å². The number of fused-ring (bicyclic) bond motifs is 5. The zero-order valence-electron chi connectivity index (χ0n) is 27.4. The lowest BCUT2D eigenvalue weighted by Crippen LogP contribution is -2.31. The number of benzene rings is 7. The largest absolute Gasteiger partial charge is 0.318 e. The second kappa shape index (κ2) is 11.1. The summed E-state index contributed by atoms with van der Waals surface area (Å²) in [5.74, 6) is 0. The number of hydrogen-bond acceptors (Lipinski definition) is 1. The van der Waals surface area contributed by atoms with Crippen molar-refractivity contribution in [1.82, 2.24) is 4.57 Å². The normalized spacial score (nSPS) is 13.2. The SMILES string of the molecule is [C-]#[N+]c1cccc(-c2cccc(-c3cccc4c3C(C)(C)c3ccccc3N4c3ccccc3)c2)c1-n1c2ccccc2c2ccccc21. The fourth-order valence-corrected chi connectivity index (χ4v) is 8.05. The lowest BCUT2D eigenvalue weighted by Gasteiger charge is -2.43. The lowest BCUT2D eigenvalue weighted by molar-refractivity contribution is 0.633. The van der Waals surface area contributed by atoms with E-state index >= 15 is 0 Å². The van der Waals surface area contributed by atoms with Gasteiger partial charge in [-0.05, 0) is 75.8 Å². The summed E-state index contributed by atoms with van der Waals surface area (Å²) in [4.78, 5) is 6.47. The number of rotatable bonds is 4. The van der Waals surface area contributed by atoms with E-state index in [2.05, 4.69) is 180 Å². The van der Waals surface area contributed by atoms with Gasteiger partial charge in [0.25, 0.3) is 0 Å². The summed E-state index contributed by atoms with van der Waals surface area (Å²) < 4.78 is 2.28. The average molecular weight is 628 g/mol. The second-order valence-corrected chi connectivity index (χ2v) is 13.2. The predicted molar refractivity (Wildman–Crippen MR) is 205 cm³/mol. The van der Waals surface area contributed by atoms with Crippen LogP contribution in [-0.2, 0) is 5.41 Å². The van der Waals surface area contributed by atoms with Crippen LogP contribution in [0.4, 0.5) is 22.7 Å². The van der Waals surface area contributed by atoms with Crippen molar-refractivity contribution in [3.8, 4) is 27.9 Å². The topological polar surface area (TPSA) is 12.5 Å². The molecule has 0 aliphatic carbocycles. The molecule has 7 aromatic carbocycles. The van der Waals surface area contributed by atoms with E-state index in [0.29, 0.717) is 5.69 Å². The average Bonchev–Trinajstić information content (AvgIpc) is 3.49. The van der Waals surface area contributed by atoms with Crippen LogP contribution >= 0.6 is 0 Å². The zero-order chi connectivity index (χ0) is 33.1. The molecule has 0 unspecified atom stereocenters. The van der Waals surface area contributed by atoms with Gasteiger partial charge in [-0.1, -0.05) is 135 Å². The third kappa shape index (κ3) is 4.35. The molecule has 0 amide bonds. The molecule has 0 spiro atoms. The number of nitrogens with zero attached hydrogens (tertiary/aromatic N) is 3. The standard InChI is InChI=1S/C46H33N3/c1-46(2)38-24-9-12-28-42(38)48(33-18-5-4-6-19-33)43-29-15-22-34(44(43)46)31-16-13-17-32(30-31)35-23-14-25-39(47-3)45(35)49-40-26-10-7-20-36(40)37-21-8-11-27-41(37)49/h4-30H,1-2H3. The van der Waals surface area contributed by atoms with Crippen molar-refractivity contribution >= 4 is 44.6 Å². The van der Waals surface area contributed by atoms with E-state index in [0.717, 1.165) is 39.1 Å². The number of para-hydroxylation sites is 5. The van der Waals surface area contributed by atoms with Crippen LogP contribution in [0.1, 0.15) is 25.0 Å². The van der Waals surface area contributed by atoms with Crippen LogP contribution in [0, 0.1) is 6.57 Å². The first-order valence-electron chi connectivity index (χ1n) is 16.7. The van der Waals surface area contributed by atoms with Gasteiger partial charge in [0.2, 0.25) is 5.69 Å². The highest BCUT2D eigenvalue weighted by molar-refractivity contribution is 6.10. The van der Waals surface area contributed by atoms with E-state index in [9.17, 15) is 0 Å². The fourth-order valence-electron chi connectivity index (χ4n) is 8.05. The second-order valence-electron chi connectivity index (χ2n) is 13.2. The van der Waals surface area contributed by atoms with Crippen LogP contribution in [-0.4, -0.2) is 4.57 Å². The Hall–Kier alpha value is -6.37. The quantitative estimate of drug-likeness (QED) is 0.177. The van der Waals surface area contributed by atoms with Crippen LogP contribution < -0.4 is 4.90 Å². The highest BCUT2D eigenvalue weighted by atomic mass is 15.2. The van der Waals surface area contributed by atoms with E-state index in [1.807, 2.05) is 12.1 Å². The molecule has 232 valence electrons. The molecule has 1 aliphatic heterocycles. The Kier molecular flexibility index (Phi) is 6.54. The van der Waals surface area contributed by atoms with E-state index in [-0.39, 0.29) is 5.41 Å². The van der Waals surface area contributed by atoms with Crippen molar-refractivity contribution in [2.45, 2.75) is 19.3 Å². The molecule has 0 fully saturated rings. The van der Waals surface area contributed by atoms with Gasteiger partial charge in [-0.2, -0.15) is 0 Å². The molecule has 2 heterocycles. The molecule has 8 aromatic rings. The van der Waals surface area contributed by atoms with Gasteiger partial charge in [0.05, 0.1) is 34.7 Å². The molecular weight excluding hydrogens is 595 g/mol. The minimum atomic E-state index is -0.248. The van der Waals surface area contributed by atoms with Crippen molar-refractivity contribution in [2.75, 3.05) is 4.90 Å². The molecule has 49 heavy (non-hydrogen) atoms. The maximum absolute atomic E-state index is 8.24. The summed E-state index contributed by atoms with van der Waals surface area (Å²) in [5, 5.41) is 2.36. The molecule has 3 heteroatoms. The highest BCUT2D eigenvalue weighted by Crippen LogP contribution is 2.54. The van der Waals surface area contributed by atoms with Gasteiger partial charge in [0.1, 0.15) is 0 Å². The van der Waals surface area contributed by atoms with Crippen molar-refractivity contribution < 1.29 is 0 Å². The summed E-state index contributed by atoms with van der Waals surface area (Å²) in [6.07, 6.45) is 0. The Morgan fingerprint density at radius 2 is 1.10 bits per heavy atom. The Morgan fingerprint density at radius 3 is 1.84 bits per heavy atom. The first kappa shape index (κ1) is 28.8. The number of hydrogen-bond donors (Lipinski definition) is 0. The first-order chi connectivity index (χ1) is 24.1. The summed E-state index contributed by atoms with van der Waals surface area (Å²) in [6.45, 7) is 12.9. The van der Waals surface area contributed by atoms with Gasteiger partial charge < -0.3 is 9.47 Å². The third-order valence-electron chi connectivity index (χ3n) is 10.2. The fraction of sp³-hybridized carbons (Fsp3) is 0.0652. The Bertz CT molecular complexity index is 2550. The molecule has 9 rings (SSSR count). The van der Waals surface area contributed by atoms with Crippen LogP contribution in [0.3, 0.4) is 0 Å². The van der Waals surface area contributed by atoms with Gasteiger partial charge >= 0.3 is 0 Å². The van der Waals surface area contributed by atoms with Gasteiger partial charge in [-0.25, -0.2) is 4.85 Å². The Morgan fingerprint density at radius 1 is 0.531 bits per heavy atom. The molecular formula is C46H33N3. The smallest absolute Gasteiger partial charge is 0.211 e. The minimum absolute atomic E-state index is 0.248. The van der Waals surface area contributed by atoms with E-state index in [1.165, 1.54) is 38.8 Å². The monoisotopic (exact) mass is 627 g/mol. The van der Waals surface area contributed by atoms with Gasteiger partial charge in [0, 0.05) is 21.9 Å². The molecule has 0 radical (unpaired) electrons. The molecule has 0 saturated heterocycles.